The predicted molar refractivity (Wildman–Crippen MR) is 133 cm³/mol. The highest BCUT2D eigenvalue weighted by Crippen LogP contribution is 2.39. The summed E-state index contributed by atoms with van der Waals surface area (Å²) < 4.78 is 5.52. The lowest BCUT2D eigenvalue weighted by molar-refractivity contribution is -0.124. The molecule has 176 valence electrons. The molecular formula is C26H30N6O2. The van der Waals surface area contributed by atoms with E-state index in [1.807, 2.05) is 60.6 Å². The second-order valence-electron chi connectivity index (χ2n) is 9.17. The first-order valence-corrected chi connectivity index (χ1v) is 11.7. The Morgan fingerprint density at radius 3 is 2.53 bits per heavy atom. The van der Waals surface area contributed by atoms with Gasteiger partial charge in [0.15, 0.2) is 0 Å². The normalized spacial score (nSPS) is 19.4. The smallest absolute Gasteiger partial charge is 0.230 e. The maximum absolute atomic E-state index is 13.8. The zero-order valence-electron chi connectivity index (χ0n) is 19.9. The van der Waals surface area contributed by atoms with E-state index < -0.39 is 0 Å². The van der Waals surface area contributed by atoms with Crippen LogP contribution < -0.4 is 15.1 Å². The van der Waals surface area contributed by atoms with Gasteiger partial charge in [0.05, 0.1) is 24.0 Å². The van der Waals surface area contributed by atoms with Gasteiger partial charge >= 0.3 is 0 Å². The highest BCUT2D eigenvalue weighted by atomic mass is 16.5. The zero-order chi connectivity index (χ0) is 23.7. The molecule has 0 radical (unpaired) electrons. The van der Waals surface area contributed by atoms with Crippen molar-refractivity contribution in [3.8, 4) is 11.1 Å². The van der Waals surface area contributed by atoms with Crippen LogP contribution in [0.2, 0.25) is 0 Å². The molecule has 2 aromatic heterocycles. The first-order valence-electron chi connectivity index (χ1n) is 11.7. The molecule has 8 nitrogen and oxygen atoms in total. The van der Waals surface area contributed by atoms with Gasteiger partial charge < -0.3 is 19.9 Å². The quantitative estimate of drug-likeness (QED) is 0.620. The lowest BCUT2D eigenvalue weighted by Gasteiger charge is -2.32. The summed E-state index contributed by atoms with van der Waals surface area (Å²) in [5, 5.41) is 3.45. The number of nitrogens with zero attached hydrogens (tertiary/aromatic N) is 5. The fraction of sp³-hybridized carbons (Fsp3) is 0.385. The number of carbonyl (C=O) groups excluding carboxylic acids is 1. The van der Waals surface area contributed by atoms with Crippen LogP contribution in [0.15, 0.2) is 48.9 Å². The molecule has 5 rings (SSSR count). The molecule has 0 bridgehead atoms. The van der Waals surface area contributed by atoms with Crippen LogP contribution in [0, 0.1) is 5.92 Å². The van der Waals surface area contributed by atoms with Crippen LogP contribution in [-0.4, -0.2) is 48.2 Å². The summed E-state index contributed by atoms with van der Waals surface area (Å²) in [7, 11) is 5.58. The van der Waals surface area contributed by atoms with Crippen LogP contribution in [0.5, 0.6) is 0 Å². The molecule has 1 saturated carbocycles. The van der Waals surface area contributed by atoms with E-state index in [0.717, 1.165) is 59.6 Å². The standard InChI is InChI=1S/C26H30N6O2/c1-31(2)26-28-14-20(15-29-26)18-8-11-22-23(13-18)32(16-19-5-4-12-27-24(19)30-22)25(33)17-6-9-21(34-3)10-7-17/h4-5,8,11-15,17,21H,6-7,9-10,16H2,1-3H3,(H,27,30). The molecule has 3 aromatic rings. The van der Waals surface area contributed by atoms with Crippen molar-refractivity contribution in [3.63, 3.8) is 0 Å². The fourth-order valence-corrected chi connectivity index (χ4v) is 4.77. The number of benzene rings is 1. The molecule has 1 aliphatic heterocycles. The van der Waals surface area contributed by atoms with E-state index in [0.29, 0.717) is 12.5 Å². The van der Waals surface area contributed by atoms with Crippen molar-refractivity contribution < 1.29 is 9.53 Å². The van der Waals surface area contributed by atoms with E-state index >= 15 is 0 Å². The lowest BCUT2D eigenvalue weighted by atomic mass is 9.86. The molecule has 0 atom stereocenters. The second kappa shape index (κ2) is 9.38. The van der Waals surface area contributed by atoms with Gasteiger partial charge in [0.1, 0.15) is 5.82 Å². The van der Waals surface area contributed by atoms with Crippen LogP contribution >= 0.6 is 0 Å². The molecule has 1 aromatic carbocycles. The van der Waals surface area contributed by atoms with Crippen molar-refractivity contribution in [3.05, 3.63) is 54.5 Å². The van der Waals surface area contributed by atoms with Gasteiger partial charge in [0.25, 0.3) is 0 Å². The van der Waals surface area contributed by atoms with Gasteiger partial charge in [-0.15, -0.1) is 0 Å². The third-order valence-electron chi connectivity index (χ3n) is 6.76. The third-order valence-corrected chi connectivity index (χ3v) is 6.76. The Kier molecular flexibility index (Phi) is 6.15. The van der Waals surface area contributed by atoms with Gasteiger partial charge in [-0.3, -0.25) is 4.79 Å². The van der Waals surface area contributed by atoms with Crippen molar-refractivity contribution in [1.82, 2.24) is 15.0 Å². The Balaban J connectivity index is 1.52. The summed E-state index contributed by atoms with van der Waals surface area (Å²) in [6.07, 6.45) is 9.19. The van der Waals surface area contributed by atoms with Gasteiger partial charge in [-0.2, -0.15) is 0 Å². The number of ether oxygens (including phenoxy) is 1. The lowest BCUT2D eigenvalue weighted by Crippen LogP contribution is -2.38. The van der Waals surface area contributed by atoms with Crippen LogP contribution in [0.3, 0.4) is 0 Å². The van der Waals surface area contributed by atoms with E-state index in [1.54, 1.807) is 13.3 Å². The Morgan fingerprint density at radius 1 is 1.06 bits per heavy atom. The highest BCUT2D eigenvalue weighted by molar-refractivity contribution is 6.00. The van der Waals surface area contributed by atoms with Gasteiger partial charge in [0.2, 0.25) is 11.9 Å². The number of hydrogen-bond acceptors (Lipinski definition) is 7. The van der Waals surface area contributed by atoms with Crippen LogP contribution in [-0.2, 0) is 16.1 Å². The first-order chi connectivity index (χ1) is 16.5. The van der Waals surface area contributed by atoms with Gasteiger partial charge in [-0.05, 0) is 49.4 Å². The van der Waals surface area contributed by atoms with Gasteiger partial charge in [-0.1, -0.05) is 12.1 Å². The van der Waals surface area contributed by atoms with E-state index in [4.69, 9.17) is 4.74 Å². The molecule has 0 spiro atoms. The third kappa shape index (κ3) is 4.33. The minimum absolute atomic E-state index is 0.0103. The Morgan fingerprint density at radius 2 is 1.82 bits per heavy atom. The largest absolute Gasteiger partial charge is 0.381 e. The van der Waals surface area contributed by atoms with Crippen molar-refractivity contribution in [2.75, 3.05) is 36.3 Å². The molecule has 2 aliphatic rings. The summed E-state index contributed by atoms with van der Waals surface area (Å²) >= 11 is 0. The summed E-state index contributed by atoms with van der Waals surface area (Å²) in [5.41, 5.74) is 4.59. The van der Waals surface area contributed by atoms with Crippen molar-refractivity contribution in [2.45, 2.75) is 38.3 Å². The van der Waals surface area contributed by atoms with Crippen molar-refractivity contribution >= 4 is 29.0 Å². The number of anilines is 4. The monoisotopic (exact) mass is 458 g/mol. The highest BCUT2D eigenvalue weighted by Gasteiger charge is 2.33. The minimum Gasteiger partial charge on any atom is -0.381 e. The first kappa shape index (κ1) is 22.3. The van der Waals surface area contributed by atoms with Gasteiger partial charge in [0, 0.05) is 56.8 Å². The fourth-order valence-electron chi connectivity index (χ4n) is 4.77. The van der Waals surface area contributed by atoms with E-state index in [9.17, 15) is 4.79 Å². The van der Waals surface area contributed by atoms with Crippen LogP contribution in [0.4, 0.5) is 23.1 Å². The maximum Gasteiger partial charge on any atom is 0.230 e. The summed E-state index contributed by atoms with van der Waals surface area (Å²) in [6, 6.07) is 10.0. The summed E-state index contributed by atoms with van der Waals surface area (Å²) in [5.74, 6) is 1.59. The Hall–Kier alpha value is -3.52. The molecule has 1 fully saturated rings. The zero-order valence-corrected chi connectivity index (χ0v) is 19.9. The van der Waals surface area contributed by atoms with Gasteiger partial charge in [-0.25, -0.2) is 15.0 Å². The number of fused-ring (bicyclic) bond motifs is 2. The van der Waals surface area contributed by atoms with E-state index in [1.165, 1.54) is 0 Å². The Labute approximate surface area is 200 Å². The molecule has 1 aliphatic carbocycles. The Bertz CT molecular complexity index is 1170. The molecule has 0 saturated heterocycles. The minimum atomic E-state index is -0.0103. The topological polar surface area (TPSA) is 83.5 Å². The number of methoxy groups -OCH3 is 1. The molecule has 1 amide bonds. The number of hydrogen-bond donors (Lipinski definition) is 1. The number of rotatable bonds is 4. The SMILES string of the molecule is COC1CCC(C(=O)N2Cc3cccnc3Nc3ccc(-c4cnc(N(C)C)nc4)cc32)CC1. The molecule has 8 heteroatoms. The molecular weight excluding hydrogens is 428 g/mol. The number of aromatic nitrogens is 3. The van der Waals surface area contributed by atoms with E-state index in [-0.39, 0.29) is 17.9 Å². The summed E-state index contributed by atoms with van der Waals surface area (Å²) in [6.45, 7) is 0.478. The predicted octanol–water partition coefficient (Wildman–Crippen LogP) is 4.40. The number of pyridine rings is 1. The van der Waals surface area contributed by atoms with Crippen LogP contribution in [0.1, 0.15) is 31.2 Å². The average molecular weight is 459 g/mol. The van der Waals surface area contributed by atoms with Crippen LogP contribution in [0.25, 0.3) is 11.1 Å². The molecule has 34 heavy (non-hydrogen) atoms. The van der Waals surface area contributed by atoms with Crippen molar-refractivity contribution in [1.29, 1.82) is 0 Å². The maximum atomic E-state index is 13.8. The molecule has 3 heterocycles. The summed E-state index contributed by atoms with van der Waals surface area (Å²) in [4.78, 5) is 31.1. The van der Waals surface area contributed by atoms with Crippen molar-refractivity contribution in [2.24, 2.45) is 5.92 Å². The number of carbonyl (C=O) groups is 1. The second-order valence-corrected chi connectivity index (χ2v) is 9.17. The molecule has 1 N–H and O–H groups in total. The average Bonchev–Trinajstić information content (AvgIpc) is 3.04. The molecule has 0 unspecified atom stereocenters. The number of nitrogens with one attached hydrogen (secondary N) is 1. The number of amides is 1. The van der Waals surface area contributed by atoms with E-state index in [2.05, 4.69) is 26.3 Å².